The summed E-state index contributed by atoms with van der Waals surface area (Å²) in [5.74, 6) is -0.686. The number of aliphatic hydroxyl groups is 1. The molecule has 3 atom stereocenters. The highest BCUT2D eigenvalue weighted by Crippen LogP contribution is 2.28. The molecule has 0 saturated heterocycles. The molecule has 4 aromatic rings. The van der Waals surface area contributed by atoms with Gasteiger partial charge in [-0.25, -0.2) is 23.5 Å². The molecule has 5 rings (SSSR count). The molecule has 1 amide bonds. The number of carbonyl (C=O) groups is 1. The second kappa shape index (κ2) is 10.7. The first kappa shape index (κ1) is 27.8. The predicted octanol–water partition coefficient (Wildman–Crippen LogP) is 3.41. The van der Waals surface area contributed by atoms with E-state index in [0.717, 1.165) is 4.68 Å². The van der Waals surface area contributed by atoms with E-state index in [1.54, 1.807) is 0 Å². The smallest absolute Gasteiger partial charge is 0.382 e. The summed E-state index contributed by atoms with van der Waals surface area (Å²) >= 11 is 12.2. The van der Waals surface area contributed by atoms with Crippen molar-refractivity contribution in [3.05, 3.63) is 80.7 Å². The Balaban J connectivity index is 1.47. The molecule has 0 radical (unpaired) electrons. The van der Waals surface area contributed by atoms with Crippen LogP contribution in [0, 0.1) is 0 Å². The number of nitrogens with zero attached hydrogens (tertiary/aromatic N) is 6. The van der Waals surface area contributed by atoms with Gasteiger partial charge in [-0.15, -0.1) is 10.2 Å². The predicted molar refractivity (Wildman–Crippen MR) is 135 cm³/mol. The Labute approximate surface area is 232 Å². The van der Waals surface area contributed by atoms with Crippen LogP contribution in [0.25, 0.3) is 17.1 Å². The van der Waals surface area contributed by atoms with Gasteiger partial charge in [0.15, 0.2) is 17.8 Å². The zero-order valence-corrected chi connectivity index (χ0v) is 21.7. The van der Waals surface area contributed by atoms with E-state index < -0.39 is 42.6 Å². The first-order valence-electron chi connectivity index (χ1n) is 11.7. The monoisotopic (exact) mass is 599 g/mol. The van der Waals surface area contributed by atoms with Crippen LogP contribution < -0.4 is 11.0 Å². The minimum absolute atomic E-state index is 0.0167. The average molecular weight is 600 g/mol. The number of benzene rings is 2. The number of amides is 1. The van der Waals surface area contributed by atoms with Crippen LogP contribution in [-0.2, 0) is 13.1 Å². The molecule has 210 valence electrons. The standard InChI is InChI=1S/C24H19Cl2F4N7O3/c25-13-6-4-12(5-7-13)21-34-36(23(40)35(21)9-18(38)24(28,29)30)10-19-31-11-37(33-19)20-14(2-1-3-15(20)26)22(39)32-17-8-16(17)27/h1-7,11,16-18,38H,8-10H2,(H,32,39)/t16-,17+,18+/m0/s1. The molecule has 2 aromatic heterocycles. The lowest BCUT2D eigenvalue weighted by Crippen LogP contribution is -2.37. The second-order valence-electron chi connectivity index (χ2n) is 9.01. The van der Waals surface area contributed by atoms with Crippen molar-refractivity contribution in [2.24, 2.45) is 0 Å². The van der Waals surface area contributed by atoms with E-state index in [0.29, 0.717) is 9.59 Å². The van der Waals surface area contributed by atoms with Crippen molar-refractivity contribution in [3.8, 4) is 17.1 Å². The molecule has 40 heavy (non-hydrogen) atoms. The van der Waals surface area contributed by atoms with E-state index >= 15 is 0 Å². The van der Waals surface area contributed by atoms with Gasteiger partial charge in [0, 0.05) is 17.0 Å². The first-order chi connectivity index (χ1) is 18.9. The molecule has 1 aliphatic rings. The number of para-hydroxylation sites is 1. The molecular formula is C24H19Cl2F4N7O3. The van der Waals surface area contributed by atoms with Gasteiger partial charge in [0.25, 0.3) is 5.91 Å². The van der Waals surface area contributed by atoms with Crippen molar-refractivity contribution in [2.45, 2.75) is 44.0 Å². The molecule has 1 fully saturated rings. The van der Waals surface area contributed by atoms with E-state index in [1.165, 1.54) is 53.5 Å². The van der Waals surface area contributed by atoms with E-state index in [2.05, 4.69) is 20.5 Å². The van der Waals surface area contributed by atoms with Crippen molar-refractivity contribution >= 4 is 29.1 Å². The highest BCUT2D eigenvalue weighted by atomic mass is 35.5. The van der Waals surface area contributed by atoms with Crippen molar-refractivity contribution in [3.63, 3.8) is 0 Å². The Morgan fingerprint density at radius 3 is 2.50 bits per heavy atom. The Bertz CT molecular complexity index is 1620. The van der Waals surface area contributed by atoms with Gasteiger partial charge in [-0.1, -0.05) is 29.3 Å². The van der Waals surface area contributed by atoms with E-state index in [9.17, 15) is 32.3 Å². The molecular weight excluding hydrogens is 581 g/mol. The van der Waals surface area contributed by atoms with Crippen LogP contribution in [-0.4, -0.2) is 64.6 Å². The number of nitrogens with one attached hydrogen (secondary N) is 1. The Morgan fingerprint density at radius 2 is 1.85 bits per heavy atom. The summed E-state index contributed by atoms with van der Waals surface area (Å²) in [7, 11) is 0. The number of hydrogen-bond donors (Lipinski definition) is 2. The fraction of sp³-hybridized carbons (Fsp3) is 0.292. The van der Waals surface area contributed by atoms with Crippen LogP contribution in [0.5, 0.6) is 0 Å². The van der Waals surface area contributed by atoms with Crippen molar-refractivity contribution in [2.75, 3.05) is 0 Å². The zero-order valence-electron chi connectivity index (χ0n) is 20.2. The Morgan fingerprint density at radius 1 is 1.15 bits per heavy atom. The number of rotatable bonds is 8. The van der Waals surface area contributed by atoms with Gasteiger partial charge < -0.3 is 10.4 Å². The average Bonchev–Trinajstić information content (AvgIpc) is 3.26. The minimum Gasteiger partial charge on any atom is -0.382 e. The summed E-state index contributed by atoms with van der Waals surface area (Å²) in [6.07, 6.45) is -7.45. The van der Waals surface area contributed by atoms with Crippen LogP contribution in [0.4, 0.5) is 17.6 Å². The van der Waals surface area contributed by atoms with Crippen LogP contribution in [0.2, 0.25) is 10.0 Å². The lowest BCUT2D eigenvalue weighted by atomic mass is 10.1. The topological polar surface area (TPSA) is 120 Å². The molecule has 1 saturated carbocycles. The fourth-order valence-corrected chi connectivity index (χ4v) is 4.29. The summed E-state index contributed by atoms with van der Waals surface area (Å²) in [6, 6.07) is 9.83. The molecule has 2 aromatic carbocycles. The lowest BCUT2D eigenvalue weighted by molar-refractivity contribution is -0.207. The van der Waals surface area contributed by atoms with Gasteiger partial charge in [0.05, 0.1) is 28.9 Å². The number of hydrogen-bond acceptors (Lipinski definition) is 6. The number of aliphatic hydroxyl groups excluding tert-OH is 1. The molecule has 0 aliphatic heterocycles. The minimum atomic E-state index is -4.97. The molecule has 16 heteroatoms. The fourth-order valence-electron chi connectivity index (χ4n) is 3.90. The van der Waals surface area contributed by atoms with Crippen LogP contribution in [0.15, 0.2) is 53.6 Å². The summed E-state index contributed by atoms with van der Waals surface area (Å²) in [6.45, 7) is -1.46. The van der Waals surface area contributed by atoms with E-state index in [-0.39, 0.29) is 46.5 Å². The van der Waals surface area contributed by atoms with Gasteiger partial charge in [-0.2, -0.15) is 13.2 Å². The lowest BCUT2D eigenvalue weighted by Gasteiger charge is -2.15. The van der Waals surface area contributed by atoms with Gasteiger partial charge in [0.1, 0.15) is 19.0 Å². The maximum absolute atomic E-state index is 13.3. The zero-order chi connectivity index (χ0) is 28.8. The Kier molecular flexibility index (Phi) is 7.42. The maximum atomic E-state index is 13.3. The maximum Gasteiger partial charge on any atom is 0.416 e. The summed E-state index contributed by atoms with van der Waals surface area (Å²) in [4.78, 5) is 29.9. The van der Waals surface area contributed by atoms with Crippen LogP contribution >= 0.6 is 23.2 Å². The SMILES string of the molecule is O=C(N[C@@H]1C[C@@H]1F)c1cccc(Cl)c1-n1cnc(Cn2nc(-c3ccc(Cl)cc3)n(C[C@@H](O)C(F)(F)F)c2=O)n1. The molecule has 0 bridgehead atoms. The van der Waals surface area contributed by atoms with Crippen molar-refractivity contribution in [1.82, 2.24) is 34.4 Å². The molecule has 0 spiro atoms. The number of aromatic nitrogens is 6. The highest BCUT2D eigenvalue weighted by molar-refractivity contribution is 6.33. The van der Waals surface area contributed by atoms with E-state index in [4.69, 9.17) is 23.2 Å². The van der Waals surface area contributed by atoms with Crippen molar-refractivity contribution < 1.29 is 27.5 Å². The highest BCUT2D eigenvalue weighted by Gasteiger charge is 2.40. The Hall–Kier alpha value is -3.75. The van der Waals surface area contributed by atoms with Crippen LogP contribution in [0.3, 0.4) is 0 Å². The first-order valence-corrected chi connectivity index (χ1v) is 12.5. The van der Waals surface area contributed by atoms with Gasteiger partial charge in [0.2, 0.25) is 0 Å². The molecule has 0 unspecified atom stereocenters. The van der Waals surface area contributed by atoms with Crippen LogP contribution in [0.1, 0.15) is 22.6 Å². The third kappa shape index (κ3) is 5.74. The number of carbonyl (C=O) groups excluding carboxylic acids is 1. The van der Waals surface area contributed by atoms with Gasteiger partial charge in [-0.05, 0) is 36.4 Å². The summed E-state index contributed by atoms with van der Waals surface area (Å²) < 4.78 is 55.3. The second-order valence-corrected chi connectivity index (χ2v) is 9.86. The largest absolute Gasteiger partial charge is 0.416 e. The summed E-state index contributed by atoms with van der Waals surface area (Å²) in [5.41, 5.74) is -0.404. The van der Waals surface area contributed by atoms with E-state index in [1.807, 2.05) is 0 Å². The number of halogens is 6. The third-order valence-electron chi connectivity index (χ3n) is 6.08. The molecule has 10 nitrogen and oxygen atoms in total. The molecule has 2 N–H and O–H groups in total. The third-order valence-corrected chi connectivity index (χ3v) is 6.64. The number of alkyl halides is 4. The van der Waals surface area contributed by atoms with Crippen molar-refractivity contribution in [1.29, 1.82) is 0 Å². The normalized spacial score (nSPS) is 17.6. The molecule has 2 heterocycles. The quantitative estimate of drug-likeness (QED) is 0.300. The summed E-state index contributed by atoms with van der Waals surface area (Å²) in [5, 5.41) is 21.1. The van der Waals surface area contributed by atoms with Gasteiger partial charge >= 0.3 is 11.9 Å². The molecule has 1 aliphatic carbocycles. The van der Waals surface area contributed by atoms with Gasteiger partial charge in [-0.3, -0.25) is 9.36 Å².